The van der Waals surface area contributed by atoms with Crippen LogP contribution in [0.1, 0.15) is 19.3 Å². The van der Waals surface area contributed by atoms with Crippen LogP contribution >= 0.6 is 0 Å². The molecule has 0 spiro atoms. The van der Waals surface area contributed by atoms with Gasteiger partial charge in [-0.25, -0.2) is 4.79 Å². The highest BCUT2D eigenvalue weighted by Gasteiger charge is 2.34. The maximum absolute atomic E-state index is 12.3. The van der Waals surface area contributed by atoms with Crippen molar-refractivity contribution in [3.63, 3.8) is 0 Å². The predicted octanol–water partition coefficient (Wildman–Crippen LogP) is 2.16. The van der Waals surface area contributed by atoms with Crippen LogP contribution in [0.5, 0.6) is 11.5 Å². The van der Waals surface area contributed by atoms with Gasteiger partial charge in [0.15, 0.2) is 11.5 Å². The number of methoxy groups -OCH3 is 2. The number of anilines is 1. The van der Waals surface area contributed by atoms with Gasteiger partial charge in [0.1, 0.15) is 0 Å². The van der Waals surface area contributed by atoms with Crippen molar-refractivity contribution in [2.75, 3.05) is 32.8 Å². The van der Waals surface area contributed by atoms with Crippen molar-refractivity contribution >= 4 is 11.7 Å². The van der Waals surface area contributed by atoms with E-state index in [9.17, 15) is 4.79 Å². The van der Waals surface area contributed by atoms with Crippen LogP contribution in [-0.4, -0.2) is 51.7 Å². The minimum absolute atomic E-state index is 0.0733. The van der Waals surface area contributed by atoms with E-state index in [1.165, 1.54) is 0 Å². The lowest BCUT2D eigenvalue weighted by Crippen LogP contribution is -2.50. The highest BCUT2D eigenvalue weighted by atomic mass is 16.6. The Morgan fingerprint density at radius 1 is 1.12 bits per heavy atom. The van der Waals surface area contributed by atoms with Crippen molar-refractivity contribution in [2.24, 2.45) is 0 Å². The lowest BCUT2D eigenvalue weighted by atomic mass is 9.90. The van der Waals surface area contributed by atoms with Crippen LogP contribution in [0.15, 0.2) is 18.2 Å². The molecule has 7 heteroatoms. The molecule has 2 amide bonds. The van der Waals surface area contributed by atoms with Gasteiger partial charge < -0.3 is 29.6 Å². The zero-order valence-corrected chi connectivity index (χ0v) is 14.0. The average Bonchev–Trinajstić information content (AvgIpc) is 2.61. The van der Waals surface area contributed by atoms with Crippen LogP contribution in [0, 0.1) is 0 Å². The molecule has 1 aromatic carbocycles. The number of urea groups is 1. The van der Waals surface area contributed by atoms with E-state index in [1.54, 1.807) is 32.4 Å². The number of rotatable bonds is 4. The van der Waals surface area contributed by atoms with Crippen LogP contribution in [0.2, 0.25) is 0 Å². The minimum Gasteiger partial charge on any atom is -0.493 e. The van der Waals surface area contributed by atoms with E-state index in [2.05, 4.69) is 10.6 Å². The standard InChI is InChI=1S/C17H24N2O5/c1-21-14-5-3-4-12(16(14)22-2)19-17(20)18-11-6-7-13-15(10-11)24-9-8-23-13/h3-5,11,13,15H,6-10H2,1-2H3,(H2,18,19,20). The third-order valence-electron chi connectivity index (χ3n) is 4.46. The van der Waals surface area contributed by atoms with Gasteiger partial charge in [-0.05, 0) is 31.4 Å². The van der Waals surface area contributed by atoms with Gasteiger partial charge in [0.05, 0.1) is 45.3 Å². The number of hydrogen-bond acceptors (Lipinski definition) is 5. The third-order valence-corrected chi connectivity index (χ3v) is 4.46. The molecule has 1 aromatic rings. The van der Waals surface area contributed by atoms with Crippen molar-refractivity contribution < 1.29 is 23.7 Å². The summed E-state index contributed by atoms with van der Waals surface area (Å²) in [6, 6.07) is 5.17. The summed E-state index contributed by atoms with van der Waals surface area (Å²) >= 11 is 0. The molecule has 3 rings (SSSR count). The molecule has 0 aromatic heterocycles. The van der Waals surface area contributed by atoms with E-state index in [0.29, 0.717) is 30.4 Å². The monoisotopic (exact) mass is 336 g/mol. The number of fused-ring (bicyclic) bond motifs is 1. The second-order valence-electron chi connectivity index (χ2n) is 5.97. The maximum Gasteiger partial charge on any atom is 0.319 e. The molecule has 1 aliphatic heterocycles. The predicted molar refractivity (Wildman–Crippen MR) is 88.8 cm³/mol. The van der Waals surface area contributed by atoms with Gasteiger partial charge in [0.2, 0.25) is 0 Å². The average molecular weight is 336 g/mol. The second kappa shape index (κ2) is 7.72. The Balaban J connectivity index is 1.58. The Labute approximate surface area is 141 Å². The van der Waals surface area contributed by atoms with Gasteiger partial charge in [-0.1, -0.05) is 6.07 Å². The largest absolute Gasteiger partial charge is 0.493 e. The van der Waals surface area contributed by atoms with Gasteiger partial charge in [0.25, 0.3) is 0 Å². The molecule has 1 saturated carbocycles. The van der Waals surface area contributed by atoms with Crippen molar-refractivity contribution in [3.05, 3.63) is 18.2 Å². The summed E-state index contributed by atoms with van der Waals surface area (Å²) in [5, 5.41) is 5.84. The highest BCUT2D eigenvalue weighted by Crippen LogP contribution is 2.34. The van der Waals surface area contributed by atoms with Gasteiger partial charge in [-0.15, -0.1) is 0 Å². The van der Waals surface area contributed by atoms with Crippen LogP contribution < -0.4 is 20.1 Å². The number of carbonyl (C=O) groups excluding carboxylic acids is 1. The quantitative estimate of drug-likeness (QED) is 0.881. The molecule has 3 unspecified atom stereocenters. The van der Waals surface area contributed by atoms with Crippen LogP contribution in [0.25, 0.3) is 0 Å². The van der Waals surface area contributed by atoms with E-state index in [4.69, 9.17) is 18.9 Å². The molecule has 2 fully saturated rings. The normalized spacial score (nSPS) is 26.2. The fraction of sp³-hybridized carbons (Fsp3) is 0.588. The maximum atomic E-state index is 12.3. The summed E-state index contributed by atoms with van der Waals surface area (Å²) in [4.78, 5) is 12.3. The number of carbonyl (C=O) groups is 1. The molecule has 2 aliphatic rings. The molecule has 0 bridgehead atoms. The molecule has 24 heavy (non-hydrogen) atoms. The smallest absolute Gasteiger partial charge is 0.319 e. The minimum atomic E-state index is -0.262. The van der Waals surface area contributed by atoms with E-state index in [0.717, 1.165) is 19.3 Å². The fourth-order valence-electron chi connectivity index (χ4n) is 3.33. The second-order valence-corrected chi connectivity index (χ2v) is 5.97. The highest BCUT2D eigenvalue weighted by molar-refractivity contribution is 5.91. The summed E-state index contributed by atoms with van der Waals surface area (Å²) in [7, 11) is 3.11. The Morgan fingerprint density at radius 2 is 1.92 bits per heavy atom. The van der Waals surface area contributed by atoms with Crippen molar-refractivity contribution in [1.82, 2.24) is 5.32 Å². The van der Waals surface area contributed by atoms with E-state index >= 15 is 0 Å². The van der Waals surface area contributed by atoms with Crippen LogP contribution in [0.3, 0.4) is 0 Å². The summed E-state index contributed by atoms with van der Waals surface area (Å²) in [6.07, 6.45) is 2.79. The topological polar surface area (TPSA) is 78.1 Å². The Bertz CT molecular complexity index is 580. The first-order chi connectivity index (χ1) is 11.7. The first-order valence-corrected chi connectivity index (χ1v) is 8.23. The molecular formula is C17H24N2O5. The zero-order valence-electron chi connectivity index (χ0n) is 14.0. The lowest BCUT2D eigenvalue weighted by Gasteiger charge is -2.39. The molecule has 0 radical (unpaired) electrons. The summed E-state index contributed by atoms with van der Waals surface area (Å²) in [5.74, 6) is 1.08. The third kappa shape index (κ3) is 3.73. The number of amides is 2. The molecule has 132 valence electrons. The van der Waals surface area contributed by atoms with Crippen molar-refractivity contribution in [1.29, 1.82) is 0 Å². The lowest BCUT2D eigenvalue weighted by molar-refractivity contribution is -0.157. The fourth-order valence-corrected chi connectivity index (χ4v) is 3.33. The Hall–Kier alpha value is -1.99. The van der Waals surface area contributed by atoms with Crippen molar-refractivity contribution in [3.8, 4) is 11.5 Å². The molecule has 7 nitrogen and oxygen atoms in total. The first-order valence-electron chi connectivity index (χ1n) is 8.23. The number of ether oxygens (including phenoxy) is 4. The first kappa shape index (κ1) is 16.9. The summed E-state index contributed by atoms with van der Waals surface area (Å²) < 4.78 is 22.0. The van der Waals surface area contributed by atoms with Crippen LogP contribution in [0.4, 0.5) is 10.5 Å². The van der Waals surface area contributed by atoms with Gasteiger partial charge in [-0.2, -0.15) is 0 Å². The van der Waals surface area contributed by atoms with Crippen LogP contribution in [-0.2, 0) is 9.47 Å². The van der Waals surface area contributed by atoms with E-state index < -0.39 is 0 Å². The molecule has 1 saturated heterocycles. The van der Waals surface area contributed by atoms with Gasteiger partial charge in [-0.3, -0.25) is 0 Å². The van der Waals surface area contributed by atoms with E-state index in [1.807, 2.05) is 0 Å². The molecule has 2 N–H and O–H groups in total. The number of hydrogen-bond donors (Lipinski definition) is 2. The molecular weight excluding hydrogens is 312 g/mol. The SMILES string of the molecule is COc1cccc(NC(=O)NC2CCC3OCCOC3C2)c1OC. The van der Waals surface area contributed by atoms with E-state index in [-0.39, 0.29) is 24.3 Å². The Morgan fingerprint density at radius 3 is 2.67 bits per heavy atom. The summed E-state index contributed by atoms with van der Waals surface area (Å²) in [5.41, 5.74) is 0.570. The zero-order chi connectivity index (χ0) is 16.9. The Kier molecular flexibility index (Phi) is 5.42. The molecule has 3 atom stereocenters. The molecule has 1 aliphatic carbocycles. The number of para-hydroxylation sites is 1. The van der Waals surface area contributed by atoms with Crippen molar-refractivity contribution in [2.45, 2.75) is 37.5 Å². The van der Waals surface area contributed by atoms with Gasteiger partial charge >= 0.3 is 6.03 Å². The van der Waals surface area contributed by atoms with Gasteiger partial charge in [0, 0.05) is 6.04 Å². The summed E-state index contributed by atoms with van der Waals surface area (Å²) in [6.45, 7) is 1.29. The number of nitrogens with one attached hydrogen (secondary N) is 2. The number of benzene rings is 1. The molecule has 1 heterocycles.